The minimum atomic E-state index is -3.70. The monoisotopic (exact) mass is 506 g/mol. The molecule has 0 aliphatic rings. The molecule has 34 heavy (non-hydrogen) atoms. The first-order chi connectivity index (χ1) is 14.9. The van der Waals surface area contributed by atoms with E-state index in [0.717, 1.165) is 33.6 Å². The largest absolute Gasteiger partial charge is 0.477 e. The molecule has 0 aliphatic heterocycles. The molecule has 0 aliphatic carbocycles. The van der Waals surface area contributed by atoms with Crippen molar-refractivity contribution in [1.29, 1.82) is 0 Å². The fourth-order valence-corrected chi connectivity index (χ4v) is 5.30. The highest BCUT2D eigenvalue weighted by Crippen LogP contribution is 2.38. The number of nitrogens with zero attached hydrogens (tertiary/aromatic N) is 1. The second-order valence-corrected chi connectivity index (χ2v) is 12.5. The third kappa shape index (κ3) is 6.37. The van der Waals surface area contributed by atoms with Crippen LogP contribution in [0.2, 0.25) is 0 Å². The molecule has 0 saturated carbocycles. The van der Waals surface area contributed by atoms with Crippen molar-refractivity contribution in [3.05, 3.63) is 52.5 Å². The number of nitrogens with one attached hydrogen (secondary N) is 1. The van der Waals surface area contributed by atoms with E-state index in [2.05, 4.69) is 63.4 Å². The Bertz CT molecular complexity index is 1210. The molecule has 190 valence electrons. The van der Waals surface area contributed by atoms with E-state index in [1.807, 2.05) is 13.0 Å². The summed E-state index contributed by atoms with van der Waals surface area (Å²) < 4.78 is 35.1. The van der Waals surface area contributed by atoms with E-state index in [1.165, 1.54) is 16.9 Å². The van der Waals surface area contributed by atoms with Crippen LogP contribution in [-0.2, 0) is 20.9 Å². The predicted molar refractivity (Wildman–Crippen MR) is 147 cm³/mol. The normalized spacial score (nSPS) is 12.2. The summed E-state index contributed by atoms with van der Waals surface area (Å²) in [6.07, 6.45) is 1.97. The van der Waals surface area contributed by atoms with E-state index in [4.69, 9.17) is 4.74 Å². The molecule has 3 aromatic rings. The third-order valence-electron chi connectivity index (χ3n) is 6.51. The molecule has 7 heteroatoms. The Hall–Kier alpha value is -1.96. The topological polar surface area (TPSA) is 68.3 Å². The Morgan fingerprint density at radius 1 is 0.971 bits per heavy atom. The van der Waals surface area contributed by atoms with Gasteiger partial charge in [-0.2, -0.15) is 4.72 Å². The van der Waals surface area contributed by atoms with Crippen molar-refractivity contribution in [1.82, 2.24) is 9.71 Å². The van der Waals surface area contributed by atoms with Crippen molar-refractivity contribution >= 4 is 31.6 Å². The summed E-state index contributed by atoms with van der Waals surface area (Å²) in [7, 11) is -3.70. The van der Waals surface area contributed by atoms with E-state index in [-0.39, 0.29) is 37.3 Å². The van der Waals surface area contributed by atoms with Crippen LogP contribution in [0.5, 0.6) is 5.75 Å². The molecule has 0 spiro atoms. The van der Waals surface area contributed by atoms with Crippen LogP contribution in [-0.4, -0.2) is 20.1 Å². The lowest BCUT2D eigenvalue weighted by Gasteiger charge is -2.30. The average Bonchev–Trinajstić information content (AvgIpc) is 3.12. The Morgan fingerprint density at radius 3 is 2.24 bits per heavy atom. The highest BCUT2D eigenvalue weighted by Gasteiger charge is 2.27. The molecular formula is C27H42N2O3S2. The SMILES string of the molecule is C.C.CCC(C)(C)c1ccc(OCNS(=O)(=O)c2ccc3nc(C)sc3c2)c(C(C)(C)CC)c1. The van der Waals surface area contributed by atoms with E-state index in [1.54, 1.807) is 18.2 Å². The third-order valence-corrected chi connectivity index (χ3v) is 8.82. The van der Waals surface area contributed by atoms with Gasteiger partial charge in [0.2, 0.25) is 10.0 Å². The zero-order valence-electron chi connectivity index (χ0n) is 20.1. The van der Waals surface area contributed by atoms with Gasteiger partial charge in [0, 0.05) is 5.56 Å². The first kappa shape index (κ1) is 30.1. The standard InChI is InChI=1S/C25H34N2O3S2.2CH4/c1-8-24(4,5)18-10-13-22(20(14-18)25(6,7)9-2)30-16-26-32(28,29)19-11-12-21-23(15-19)31-17(3)27-21;;/h10-15,26H,8-9,16H2,1-7H3;2*1H4. The minimum absolute atomic E-state index is 0. The maximum atomic E-state index is 12.8. The van der Waals surface area contributed by atoms with Crippen LogP contribution in [0.4, 0.5) is 0 Å². The summed E-state index contributed by atoms with van der Waals surface area (Å²) in [5.74, 6) is 0.712. The number of thiazole rings is 1. The summed E-state index contributed by atoms with van der Waals surface area (Å²) in [6, 6.07) is 11.3. The number of hydrogen-bond acceptors (Lipinski definition) is 5. The van der Waals surface area contributed by atoms with Crippen LogP contribution in [0.25, 0.3) is 10.2 Å². The quantitative estimate of drug-likeness (QED) is 0.304. The lowest BCUT2D eigenvalue weighted by molar-refractivity contribution is 0.299. The Kier molecular flexibility index (Phi) is 9.89. The van der Waals surface area contributed by atoms with E-state index in [9.17, 15) is 8.42 Å². The van der Waals surface area contributed by atoms with Crippen LogP contribution >= 0.6 is 11.3 Å². The number of hydrogen-bond donors (Lipinski definition) is 1. The van der Waals surface area contributed by atoms with Gasteiger partial charge in [-0.05, 0) is 60.4 Å². The molecule has 2 aromatic carbocycles. The van der Waals surface area contributed by atoms with Gasteiger partial charge in [-0.25, -0.2) is 13.4 Å². The highest BCUT2D eigenvalue weighted by molar-refractivity contribution is 7.89. The first-order valence-corrected chi connectivity index (χ1v) is 13.3. The first-order valence-electron chi connectivity index (χ1n) is 11.0. The van der Waals surface area contributed by atoms with Crippen LogP contribution in [0.15, 0.2) is 41.3 Å². The molecule has 3 rings (SSSR count). The Morgan fingerprint density at radius 2 is 1.62 bits per heavy atom. The number of ether oxygens (including phenoxy) is 1. The highest BCUT2D eigenvalue weighted by atomic mass is 32.2. The van der Waals surface area contributed by atoms with Crippen LogP contribution < -0.4 is 9.46 Å². The summed E-state index contributed by atoms with van der Waals surface area (Å²) in [6.45, 7) is 15.0. The molecule has 0 bridgehead atoms. The van der Waals surface area contributed by atoms with Gasteiger partial charge in [0.05, 0.1) is 20.1 Å². The number of benzene rings is 2. The molecule has 0 unspecified atom stereocenters. The predicted octanol–water partition coefficient (Wildman–Crippen LogP) is 7.57. The van der Waals surface area contributed by atoms with Gasteiger partial charge in [0.1, 0.15) is 5.75 Å². The molecule has 1 heterocycles. The number of rotatable bonds is 9. The van der Waals surface area contributed by atoms with Crippen LogP contribution in [0.1, 0.15) is 85.4 Å². The van der Waals surface area contributed by atoms with Crippen molar-refractivity contribution in [2.24, 2.45) is 0 Å². The Balaban J connectivity index is 0.00000289. The molecule has 0 fully saturated rings. The molecule has 0 saturated heterocycles. The van der Waals surface area contributed by atoms with Crippen molar-refractivity contribution < 1.29 is 13.2 Å². The fourth-order valence-electron chi connectivity index (χ4n) is 3.46. The summed E-state index contributed by atoms with van der Waals surface area (Å²) in [5, 5.41) is 0.909. The molecule has 0 amide bonds. The number of aryl methyl sites for hydroxylation is 1. The number of aromatic nitrogens is 1. The Labute approximate surface area is 211 Å². The molecular weight excluding hydrogens is 464 g/mol. The van der Waals surface area contributed by atoms with Crippen molar-refractivity contribution in [3.8, 4) is 5.75 Å². The van der Waals surface area contributed by atoms with Crippen molar-refractivity contribution in [3.63, 3.8) is 0 Å². The van der Waals surface area contributed by atoms with Crippen LogP contribution in [0, 0.1) is 6.92 Å². The van der Waals surface area contributed by atoms with E-state index >= 15 is 0 Å². The fraction of sp³-hybridized carbons (Fsp3) is 0.519. The number of fused-ring (bicyclic) bond motifs is 1. The molecule has 5 nitrogen and oxygen atoms in total. The lowest BCUT2D eigenvalue weighted by Crippen LogP contribution is -2.29. The second-order valence-electron chi connectivity index (χ2n) is 9.48. The molecule has 0 radical (unpaired) electrons. The average molecular weight is 507 g/mol. The molecule has 1 aromatic heterocycles. The summed E-state index contributed by atoms with van der Waals surface area (Å²) in [4.78, 5) is 4.60. The van der Waals surface area contributed by atoms with Gasteiger partial charge < -0.3 is 4.74 Å². The van der Waals surface area contributed by atoms with E-state index < -0.39 is 10.0 Å². The second kappa shape index (κ2) is 11.2. The van der Waals surface area contributed by atoms with Crippen molar-refractivity contribution in [2.45, 2.75) is 91.9 Å². The lowest BCUT2D eigenvalue weighted by atomic mass is 9.76. The van der Waals surface area contributed by atoms with Gasteiger partial charge in [-0.1, -0.05) is 68.5 Å². The smallest absolute Gasteiger partial charge is 0.243 e. The maximum Gasteiger partial charge on any atom is 0.243 e. The van der Waals surface area contributed by atoms with E-state index in [0.29, 0.717) is 5.75 Å². The molecule has 1 N–H and O–H groups in total. The van der Waals surface area contributed by atoms with Gasteiger partial charge in [-0.15, -0.1) is 11.3 Å². The zero-order chi connectivity index (χ0) is 23.7. The molecule has 0 atom stereocenters. The van der Waals surface area contributed by atoms with Crippen molar-refractivity contribution in [2.75, 3.05) is 6.73 Å². The zero-order valence-corrected chi connectivity index (χ0v) is 21.7. The number of sulfonamides is 1. The maximum absolute atomic E-state index is 12.8. The van der Waals surface area contributed by atoms with Gasteiger partial charge >= 0.3 is 0 Å². The summed E-state index contributed by atoms with van der Waals surface area (Å²) >= 11 is 1.48. The van der Waals surface area contributed by atoms with Crippen LogP contribution in [0.3, 0.4) is 0 Å². The van der Waals surface area contributed by atoms with Gasteiger partial charge in [-0.3, -0.25) is 0 Å². The minimum Gasteiger partial charge on any atom is -0.477 e. The van der Waals surface area contributed by atoms with Gasteiger partial charge in [0.25, 0.3) is 0 Å². The summed E-state index contributed by atoms with van der Waals surface area (Å²) in [5.41, 5.74) is 3.14. The van der Waals surface area contributed by atoms with Gasteiger partial charge in [0.15, 0.2) is 6.73 Å².